The molecule has 2 aliphatic carbocycles. The van der Waals surface area contributed by atoms with Crippen LogP contribution in [0.4, 0.5) is 5.69 Å². The molecule has 5 aliphatic rings. The maximum atomic E-state index is 15.2. The summed E-state index contributed by atoms with van der Waals surface area (Å²) < 4.78 is 58.7. The minimum Gasteiger partial charge on any atom is -0.492 e. The van der Waals surface area contributed by atoms with Crippen molar-refractivity contribution in [2.45, 2.75) is 113 Å². The molecule has 340 valence electrons. The van der Waals surface area contributed by atoms with Crippen LogP contribution in [-0.2, 0) is 29.1 Å². The fraction of sp³-hybridized carbons (Fsp3) is 0.617. The molecule has 1 unspecified atom stereocenters. The molecule has 3 fully saturated rings. The molecule has 7 atom stereocenters. The van der Waals surface area contributed by atoms with Crippen LogP contribution in [0.3, 0.4) is 0 Å². The molecular weight excluding hydrogens is 813 g/mol. The number of carbonyl (C=O) groups excluding carboxylic acids is 1. The summed E-state index contributed by atoms with van der Waals surface area (Å²) >= 11 is 0. The van der Waals surface area contributed by atoms with Gasteiger partial charge in [0, 0.05) is 76.3 Å². The van der Waals surface area contributed by atoms with Gasteiger partial charge in [0.2, 0.25) is 28.0 Å². The number of nitrogens with zero attached hydrogens (tertiary/aromatic N) is 3. The Balaban J connectivity index is 1.43. The van der Waals surface area contributed by atoms with Gasteiger partial charge in [-0.1, -0.05) is 37.1 Å². The molecule has 14 nitrogen and oxygen atoms in total. The van der Waals surface area contributed by atoms with Crippen molar-refractivity contribution in [2.75, 3.05) is 64.5 Å². The third-order valence-electron chi connectivity index (χ3n) is 12.9. The van der Waals surface area contributed by atoms with Gasteiger partial charge in [-0.2, -0.15) is 4.31 Å². The first-order valence-electron chi connectivity index (χ1n) is 22.7. The number of amides is 1. The molecule has 2 saturated heterocycles. The molecule has 1 saturated carbocycles. The Labute approximate surface area is 367 Å². The Hall–Kier alpha value is -3.83. The Morgan fingerprint density at radius 2 is 1.85 bits per heavy atom. The first kappa shape index (κ1) is 46.2. The summed E-state index contributed by atoms with van der Waals surface area (Å²) in [5.74, 6) is -1.21. The smallest absolute Gasteiger partial charge is 0.243 e. The monoisotopic (exact) mass is 878 g/mol. The van der Waals surface area contributed by atoms with Crippen molar-refractivity contribution in [1.29, 1.82) is 0 Å². The van der Waals surface area contributed by atoms with Crippen molar-refractivity contribution in [3.63, 3.8) is 0 Å². The second kappa shape index (κ2) is 21.2. The van der Waals surface area contributed by atoms with E-state index in [2.05, 4.69) is 28.9 Å². The quantitative estimate of drug-likeness (QED) is 0.0476. The van der Waals surface area contributed by atoms with Crippen LogP contribution in [0.2, 0.25) is 0 Å². The van der Waals surface area contributed by atoms with Crippen LogP contribution in [0, 0.1) is 17.8 Å². The van der Waals surface area contributed by atoms with Crippen LogP contribution >= 0.6 is 0 Å². The van der Waals surface area contributed by atoms with Crippen molar-refractivity contribution < 1.29 is 47.2 Å². The molecule has 15 heteroatoms. The second-order valence-corrected chi connectivity index (χ2v) is 19.1. The highest BCUT2D eigenvalue weighted by Crippen LogP contribution is 2.62. The third kappa shape index (κ3) is 10.4. The third-order valence-corrected chi connectivity index (χ3v) is 14.8. The number of hydrogen-bond donors (Lipinski definition) is 3. The summed E-state index contributed by atoms with van der Waals surface area (Å²) in [4.78, 5) is 20.5. The Bertz CT molecular complexity index is 2000. The zero-order chi connectivity index (χ0) is 43.7. The fourth-order valence-electron chi connectivity index (χ4n) is 9.93. The molecule has 3 heterocycles. The average Bonchev–Trinajstić information content (AvgIpc) is 4.10. The SMILES string of the molecule is C=CCO[C@@]12Oc3ccc(OCCN4CC4)cc3[C@H]3[C@H](CCCCO)[C@@H](CCCCO)C=C(C(=NOC4CCCCO4)C[C@@H]1N(CCC)S(=O)(=O)c1ccc(NC(C)=O)cc1)[C@H]32. The van der Waals surface area contributed by atoms with Crippen LogP contribution in [0.1, 0.15) is 96.0 Å². The van der Waals surface area contributed by atoms with Crippen molar-refractivity contribution in [3.8, 4) is 11.5 Å². The number of benzene rings is 2. The Morgan fingerprint density at radius 1 is 1.08 bits per heavy atom. The normalized spacial score (nSPS) is 27.4. The van der Waals surface area contributed by atoms with Crippen molar-refractivity contribution in [3.05, 3.63) is 72.3 Å². The topological polar surface area (TPSA) is 168 Å². The number of allylic oxidation sites excluding steroid dienone is 1. The number of nitrogens with one attached hydrogen (secondary N) is 1. The summed E-state index contributed by atoms with van der Waals surface area (Å²) in [5.41, 5.74) is 2.96. The van der Waals surface area contributed by atoms with Gasteiger partial charge in [-0.05, 0) is 105 Å². The van der Waals surface area contributed by atoms with Gasteiger partial charge in [0.05, 0.1) is 35.8 Å². The van der Waals surface area contributed by atoms with Gasteiger partial charge in [-0.15, -0.1) is 6.58 Å². The minimum absolute atomic E-state index is 0.0244. The summed E-state index contributed by atoms with van der Waals surface area (Å²) in [6.45, 7) is 11.9. The molecule has 0 radical (unpaired) electrons. The Kier molecular flexibility index (Phi) is 15.8. The molecule has 0 aromatic heterocycles. The minimum atomic E-state index is -4.24. The fourth-order valence-corrected chi connectivity index (χ4v) is 11.7. The van der Waals surface area contributed by atoms with Gasteiger partial charge >= 0.3 is 0 Å². The molecule has 3 aliphatic heterocycles. The molecular formula is C47H66N4O10S. The summed E-state index contributed by atoms with van der Waals surface area (Å²) in [5, 5.41) is 27.5. The van der Waals surface area contributed by atoms with E-state index in [9.17, 15) is 15.0 Å². The first-order chi connectivity index (χ1) is 30.1. The van der Waals surface area contributed by atoms with E-state index >= 15 is 8.42 Å². The number of rotatable bonds is 23. The van der Waals surface area contributed by atoms with Gasteiger partial charge < -0.3 is 39.3 Å². The number of unbranched alkanes of at least 4 members (excludes halogenated alkanes) is 2. The van der Waals surface area contributed by atoms with Gasteiger partial charge in [0.1, 0.15) is 18.1 Å². The number of fused-ring (bicyclic) bond motifs is 2. The molecule has 2 aromatic carbocycles. The predicted octanol–water partition coefficient (Wildman–Crippen LogP) is 6.60. The number of sulfonamides is 1. The van der Waals surface area contributed by atoms with Crippen LogP contribution in [0.25, 0.3) is 0 Å². The van der Waals surface area contributed by atoms with Crippen LogP contribution in [-0.4, -0.2) is 117 Å². The van der Waals surface area contributed by atoms with Crippen molar-refractivity contribution in [2.24, 2.45) is 22.9 Å². The van der Waals surface area contributed by atoms with E-state index in [0.29, 0.717) is 56.0 Å². The van der Waals surface area contributed by atoms with E-state index < -0.39 is 34.1 Å². The lowest BCUT2D eigenvalue weighted by Crippen LogP contribution is -2.70. The number of aliphatic hydroxyl groups excluding tert-OH is 2. The van der Waals surface area contributed by atoms with Crippen molar-refractivity contribution in [1.82, 2.24) is 9.21 Å². The van der Waals surface area contributed by atoms with Gasteiger partial charge in [-0.25, -0.2) is 8.42 Å². The highest BCUT2D eigenvalue weighted by Gasteiger charge is 2.66. The zero-order valence-electron chi connectivity index (χ0n) is 36.4. The number of oxime groups is 1. The number of hydrogen-bond acceptors (Lipinski definition) is 12. The van der Waals surface area contributed by atoms with E-state index in [4.69, 9.17) is 28.9 Å². The highest BCUT2D eigenvalue weighted by atomic mass is 32.2. The zero-order valence-corrected chi connectivity index (χ0v) is 37.2. The van der Waals surface area contributed by atoms with Crippen LogP contribution < -0.4 is 14.8 Å². The second-order valence-electron chi connectivity index (χ2n) is 17.2. The summed E-state index contributed by atoms with van der Waals surface area (Å²) in [7, 11) is -4.24. The molecule has 7 rings (SSSR count). The molecule has 2 aromatic rings. The largest absolute Gasteiger partial charge is 0.492 e. The van der Waals surface area contributed by atoms with E-state index in [1.807, 2.05) is 19.1 Å². The maximum Gasteiger partial charge on any atom is 0.243 e. The van der Waals surface area contributed by atoms with Crippen molar-refractivity contribution >= 4 is 27.3 Å². The van der Waals surface area contributed by atoms with E-state index in [-0.39, 0.29) is 61.3 Å². The van der Waals surface area contributed by atoms with E-state index in [0.717, 1.165) is 75.0 Å². The molecule has 0 bridgehead atoms. The van der Waals surface area contributed by atoms with E-state index in [1.165, 1.54) is 23.4 Å². The molecule has 62 heavy (non-hydrogen) atoms. The van der Waals surface area contributed by atoms with Gasteiger partial charge in [0.25, 0.3) is 0 Å². The van der Waals surface area contributed by atoms with Gasteiger partial charge in [0.15, 0.2) is 0 Å². The molecule has 0 spiro atoms. The first-order valence-corrected chi connectivity index (χ1v) is 24.2. The number of ether oxygens (including phenoxy) is 4. The summed E-state index contributed by atoms with van der Waals surface area (Å²) in [6.07, 6.45) is 11.1. The maximum absolute atomic E-state index is 15.2. The summed E-state index contributed by atoms with van der Waals surface area (Å²) in [6, 6.07) is 11.2. The van der Waals surface area contributed by atoms with E-state index in [1.54, 1.807) is 18.2 Å². The lowest BCUT2D eigenvalue weighted by molar-refractivity contribution is -0.251. The lowest BCUT2D eigenvalue weighted by atomic mass is 9.55. The molecule has 3 N–H and O–H groups in total. The number of anilines is 1. The lowest BCUT2D eigenvalue weighted by Gasteiger charge is -2.59. The van der Waals surface area contributed by atoms with Crippen LogP contribution in [0.5, 0.6) is 11.5 Å². The average molecular weight is 879 g/mol. The number of carbonyl (C=O) groups is 1. The number of aliphatic hydroxyl groups is 2. The standard InChI is InChI=1S/C47H66N4O10S/c1-4-21-51(62(55,56)37-18-15-35(16-19-37)48-33(3)54)43-32-41(49-61-44-14-8-11-28-58-44)39-30-34(12-6-9-25-52)38(13-7-10-26-53)45-40-31-36(57-29-24-50-22-23-50)17-20-42(40)60-47(43,46(39)45)59-27-5-2/h5,15-20,30-31,34,38,43-46,52-53H,2,4,6-14,21-29,32H2,1,3H3,(H,48,54)/t34-,38+,43-,44?,45+,46+,47+/m0/s1. The van der Waals surface area contributed by atoms with Gasteiger partial charge in [-0.3, -0.25) is 9.69 Å². The Morgan fingerprint density at radius 3 is 2.53 bits per heavy atom. The van der Waals surface area contributed by atoms with Crippen LogP contribution in [0.15, 0.2) is 76.8 Å². The molecule has 1 amide bonds. The highest BCUT2D eigenvalue weighted by molar-refractivity contribution is 7.89. The predicted molar refractivity (Wildman–Crippen MR) is 236 cm³/mol.